The van der Waals surface area contributed by atoms with Crippen molar-refractivity contribution in [3.63, 3.8) is 0 Å². The van der Waals surface area contributed by atoms with E-state index in [1.807, 2.05) is 29.8 Å². The van der Waals surface area contributed by atoms with Gasteiger partial charge in [0.2, 0.25) is 10.0 Å². The Morgan fingerprint density at radius 1 is 1.53 bits per heavy atom. The molecule has 2 rings (SSSR count). The van der Waals surface area contributed by atoms with Crippen LogP contribution >= 0.6 is 11.3 Å². The number of hydrogen-bond donors (Lipinski definition) is 1. The normalized spacial score (nSPS) is 12.4. The fourth-order valence-corrected chi connectivity index (χ4v) is 3.47. The van der Waals surface area contributed by atoms with Crippen molar-refractivity contribution < 1.29 is 8.42 Å². The second kappa shape index (κ2) is 4.75. The molecule has 2 heterocycles. The zero-order valence-electron chi connectivity index (χ0n) is 9.80. The molecule has 0 fully saturated rings. The maximum Gasteiger partial charge on any atom is 0.211 e. The Morgan fingerprint density at radius 3 is 2.94 bits per heavy atom. The highest BCUT2D eigenvalue weighted by Gasteiger charge is 2.10. The highest BCUT2D eigenvalue weighted by atomic mass is 32.2. The maximum atomic E-state index is 11.5. The summed E-state index contributed by atoms with van der Waals surface area (Å²) in [4.78, 5) is 5.25. The average Bonchev–Trinajstić information content (AvgIpc) is 2.79. The smallest absolute Gasteiger partial charge is 0.211 e. The van der Waals surface area contributed by atoms with Crippen LogP contribution in [0.5, 0.6) is 0 Å². The van der Waals surface area contributed by atoms with E-state index in [9.17, 15) is 8.42 Å². The summed E-state index contributed by atoms with van der Waals surface area (Å²) in [5.41, 5.74) is 1.86. The van der Waals surface area contributed by atoms with E-state index in [0.29, 0.717) is 6.42 Å². The van der Waals surface area contributed by atoms with Gasteiger partial charge in [0.05, 0.1) is 18.0 Å². The van der Waals surface area contributed by atoms with Gasteiger partial charge in [-0.1, -0.05) is 6.92 Å². The molecule has 0 atom stereocenters. The summed E-state index contributed by atoms with van der Waals surface area (Å²) in [5.74, 6) is 0.161. The van der Waals surface area contributed by atoms with Crippen LogP contribution in [-0.2, 0) is 16.6 Å². The van der Waals surface area contributed by atoms with E-state index in [2.05, 4.69) is 9.71 Å². The molecule has 0 aromatic carbocycles. The molecule has 94 valence electrons. The number of nitrogens with zero attached hydrogens (tertiary/aromatic N) is 2. The Kier molecular flexibility index (Phi) is 3.50. The van der Waals surface area contributed by atoms with Gasteiger partial charge in [0.1, 0.15) is 0 Å². The summed E-state index contributed by atoms with van der Waals surface area (Å²) >= 11 is 1.55. The number of aromatic nitrogens is 2. The molecular formula is C10H15N3O2S2. The van der Waals surface area contributed by atoms with Crippen LogP contribution in [0.4, 0.5) is 0 Å². The standard InChI is InChI=1S/C10H15N3O2S2/c1-3-4-17(14,15)11-5-9-6-13-8(2)7-16-10(13)12-9/h6-7,11H,3-5H2,1-2H3. The monoisotopic (exact) mass is 273 g/mol. The first-order valence-corrected chi connectivity index (χ1v) is 7.94. The lowest BCUT2D eigenvalue weighted by Crippen LogP contribution is -2.25. The average molecular weight is 273 g/mol. The number of fused-ring (bicyclic) bond motifs is 1. The first kappa shape index (κ1) is 12.5. The molecular weight excluding hydrogens is 258 g/mol. The third-order valence-electron chi connectivity index (χ3n) is 2.38. The Labute approximate surface area is 105 Å². The molecule has 0 saturated carbocycles. The van der Waals surface area contributed by atoms with Gasteiger partial charge in [-0.05, 0) is 13.3 Å². The van der Waals surface area contributed by atoms with E-state index >= 15 is 0 Å². The predicted molar refractivity (Wildman–Crippen MR) is 68.7 cm³/mol. The van der Waals surface area contributed by atoms with E-state index in [4.69, 9.17) is 0 Å². The Hall–Kier alpha value is -0.920. The molecule has 17 heavy (non-hydrogen) atoms. The van der Waals surface area contributed by atoms with Crippen LogP contribution in [0.25, 0.3) is 4.96 Å². The van der Waals surface area contributed by atoms with Gasteiger partial charge >= 0.3 is 0 Å². The van der Waals surface area contributed by atoms with E-state index in [1.54, 1.807) is 11.3 Å². The van der Waals surface area contributed by atoms with Gasteiger partial charge < -0.3 is 0 Å². The number of thiazole rings is 1. The fourth-order valence-electron chi connectivity index (χ4n) is 1.55. The summed E-state index contributed by atoms with van der Waals surface area (Å²) < 4.78 is 27.5. The third kappa shape index (κ3) is 2.85. The molecule has 7 heteroatoms. The van der Waals surface area contributed by atoms with Gasteiger partial charge in [0, 0.05) is 17.3 Å². The van der Waals surface area contributed by atoms with Crippen LogP contribution in [0, 0.1) is 6.92 Å². The quantitative estimate of drug-likeness (QED) is 0.898. The molecule has 0 amide bonds. The Bertz CT molecular complexity index is 613. The van der Waals surface area contributed by atoms with Crippen LogP contribution in [0.15, 0.2) is 11.6 Å². The summed E-state index contributed by atoms with van der Waals surface area (Å²) in [6.45, 7) is 4.10. The molecule has 0 aliphatic heterocycles. The van der Waals surface area contributed by atoms with Crippen molar-refractivity contribution >= 4 is 26.3 Å². The first-order chi connectivity index (χ1) is 8.02. The number of rotatable bonds is 5. The Morgan fingerprint density at radius 2 is 2.29 bits per heavy atom. The Balaban J connectivity index is 2.09. The summed E-state index contributed by atoms with van der Waals surface area (Å²) in [6.07, 6.45) is 2.49. The van der Waals surface area contributed by atoms with Crippen molar-refractivity contribution in [3.8, 4) is 0 Å². The van der Waals surface area contributed by atoms with Crippen molar-refractivity contribution in [3.05, 3.63) is 23.0 Å². The van der Waals surface area contributed by atoms with Crippen molar-refractivity contribution in [1.29, 1.82) is 0 Å². The van der Waals surface area contributed by atoms with Crippen molar-refractivity contribution in [2.75, 3.05) is 5.75 Å². The minimum Gasteiger partial charge on any atom is -0.295 e. The lowest BCUT2D eigenvalue weighted by molar-refractivity contribution is 0.579. The first-order valence-electron chi connectivity index (χ1n) is 5.41. The zero-order chi connectivity index (χ0) is 12.5. The summed E-state index contributed by atoms with van der Waals surface area (Å²) in [7, 11) is -3.16. The van der Waals surface area contributed by atoms with Crippen molar-refractivity contribution in [2.45, 2.75) is 26.8 Å². The lowest BCUT2D eigenvalue weighted by Gasteiger charge is -2.02. The van der Waals surface area contributed by atoms with Crippen LogP contribution < -0.4 is 4.72 Å². The van der Waals surface area contributed by atoms with Crippen LogP contribution in [0.3, 0.4) is 0 Å². The fraction of sp³-hybridized carbons (Fsp3) is 0.500. The second-order valence-corrected chi connectivity index (χ2v) is 6.66. The molecule has 5 nitrogen and oxygen atoms in total. The highest BCUT2D eigenvalue weighted by molar-refractivity contribution is 7.89. The topological polar surface area (TPSA) is 63.5 Å². The van der Waals surface area contributed by atoms with Crippen LogP contribution in [-0.4, -0.2) is 23.6 Å². The molecule has 2 aromatic heterocycles. The van der Waals surface area contributed by atoms with Crippen molar-refractivity contribution in [2.24, 2.45) is 0 Å². The molecule has 0 saturated heterocycles. The van der Waals surface area contributed by atoms with Gasteiger partial charge in [-0.25, -0.2) is 18.1 Å². The molecule has 1 N–H and O–H groups in total. The minimum absolute atomic E-state index is 0.161. The molecule has 2 aromatic rings. The van der Waals surface area contributed by atoms with E-state index < -0.39 is 10.0 Å². The maximum absolute atomic E-state index is 11.5. The van der Waals surface area contributed by atoms with Crippen LogP contribution in [0.2, 0.25) is 0 Å². The van der Waals surface area contributed by atoms with Gasteiger partial charge in [-0.15, -0.1) is 11.3 Å². The number of sulfonamides is 1. The van der Waals surface area contributed by atoms with Gasteiger partial charge in [0.25, 0.3) is 0 Å². The molecule has 0 unspecified atom stereocenters. The van der Waals surface area contributed by atoms with Crippen molar-refractivity contribution in [1.82, 2.24) is 14.1 Å². The number of imidazole rings is 1. The van der Waals surface area contributed by atoms with E-state index in [-0.39, 0.29) is 12.3 Å². The van der Waals surface area contributed by atoms with E-state index in [1.165, 1.54) is 0 Å². The number of aryl methyl sites for hydroxylation is 1. The molecule has 0 radical (unpaired) electrons. The number of nitrogens with one attached hydrogen (secondary N) is 1. The van der Waals surface area contributed by atoms with Crippen LogP contribution in [0.1, 0.15) is 24.7 Å². The van der Waals surface area contributed by atoms with Gasteiger partial charge in [-0.2, -0.15) is 0 Å². The molecule has 0 aliphatic rings. The SMILES string of the molecule is CCCS(=O)(=O)NCc1cn2c(C)csc2n1. The van der Waals surface area contributed by atoms with E-state index in [0.717, 1.165) is 16.3 Å². The zero-order valence-corrected chi connectivity index (χ0v) is 11.4. The molecule has 0 aliphatic carbocycles. The molecule has 0 spiro atoms. The lowest BCUT2D eigenvalue weighted by atomic mass is 10.5. The predicted octanol–water partition coefficient (Wildman–Crippen LogP) is 1.53. The summed E-state index contributed by atoms with van der Waals surface area (Å²) in [6, 6.07) is 0. The van der Waals surface area contributed by atoms with Gasteiger partial charge in [0.15, 0.2) is 4.96 Å². The molecule has 0 bridgehead atoms. The summed E-state index contributed by atoms with van der Waals surface area (Å²) in [5, 5.41) is 2.02. The number of hydrogen-bond acceptors (Lipinski definition) is 4. The second-order valence-electron chi connectivity index (χ2n) is 3.90. The largest absolute Gasteiger partial charge is 0.295 e. The van der Waals surface area contributed by atoms with Gasteiger partial charge in [-0.3, -0.25) is 4.40 Å². The third-order valence-corrected chi connectivity index (χ3v) is 4.87. The highest BCUT2D eigenvalue weighted by Crippen LogP contribution is 2.15. The minimum atomic E-state index is -3.16.